The minimum Gasteiger partial charge on any atom is -0.383 e. The maximum Gasteiger partial charge on any atom is 0.235 e. The topological polar surface area (TPSA) is 74.9 Å². The normalized spacial score (nSPS) is 19.9. The number of methoxy groups -OCH3 is 2. The first-order valence-electron chi connectivity index (χ1n) is 10.7. The van der Waals surface area contributed by atoms with Gasteiger partial charge in [-0.25, -0.2) is 0 Å². The molecule has 1 saturated heterocycles. The first-order valence-corrected chi connectivity index (χ1v) is 12.6. The average molecular weight is 463 g/mol. The van der Waals surface area contributed by atoms with Gasteiger partial charge in [-0.2, -0.15) is 0 Å². The monoisotopic (exact) mass is 462 g/mol. The zero-order valence-corrected chi connectivity index (χ0v) is 21.9. The van der Waals surface area contributed by atoms with Crippen LogP contribution in [0.4, 0.5) is 0 Å². The Morgan fingerprint density at radius 2 is 1.68 bits per heavy atom. The van der Waals surface area contributed by atoms with Gasteiger partial charge in [-0.3, -0.25) is 14.7 Å². The number of hydrogen-bond acceptors (Lipinski definition) is 5. The van der Waals surface area contributed by atoms with Crippen LogP contribution in [0.3, 0.4) is 0 Å². The predicted molar refractivity (Wildman–Crippen MR) is 135 cm³/mol. The highest BCUT2D eigenvalue weighted by Gasteiger charge is 2.36. The molecule has 0 amide bonds. The summed E-state index contributed by atoms with van der Waals surface area (Å²) in [4.78, 5) is 2.39. The smallest absolute Gasteiger partial charge is 0.235 e. The lowest BCUT2D eigenvalue weighted by atomic mass is 9.94. The van der Waals surface area contributed by atoms with Crippen molar-refractivity contribution >= 4 is 7.44 Å². The lowest BCUT2D eigenvalue weighted by Crippen LogP contribution is -2.43. The summed E-state index contributed by atoms with van der Waals surface area (Å²) in [7, 11) is 4.17. The van der Waals surface area contributed by atoms with Crippen LogP contribution in [-0.2, 0) is 14.0 Å². The fourth-order valence-corrected chi connectivity index (χ4v) is 4.10. The molecule has 0 bridgehead atoms. The zero-order chi connectivity index (χ0) is 23.7. The molecular formula is C23H51N4O3P. The summed E-state index contributed by atoms with van der Waals surface area (Å²) in [6, 6.07) is 0.267. The first kappa shape index (κ1) is 32.3. The number of allylic oxidation sites excluding steroid dienone is 1. The van der Waals surface area contributed by atoms with Gasteiger partial charge in [0, 0.05) is 44.1 Å². The van der Waals surface area contributed by atoms with E-state index in [1.807, 2.05) is 0 Å². The summed E-state index contributed by atoms with van der Waals surface area (Å²) in [6.07, 6.45) is 1.45. The second-order valence-corrected chi connectivity index (χ2v) is 11.9. The van der Waals surface area contributed by atoms with Crippen molar-refractivity contribution in [3.05, 3.63) is 24.6 Å². The summed E-state index contributed by atoms with van der Waals surface area (Å²) in [5.41, 5.74) is 2.30. The van der Waals surface area contributed by atoms with Gasteiger partial charge in [-0.1, -0.05) is 41.4 Å². The third kappa shape index (κ3) is 11.0. The summed E-state index contributed by atoms with van der Waals surface area (Å²) >= 11 is 0. The minimum atomic E-state index is -2.40. The van der Waals surface area contributed by atoms with Crippen LogP contribution >= 0.6 is 7.44 Å². The highest BCUT2D eigenvalue weighted by molar-refractivity contribution is 7.59. The molecule has 31 heavy (non-hydrogen) atoms. The highest BCUT2D eigenvalue weighted by Crippen LogP contribution is 2.33. The van der Waals surface area contributed by atoms with Gasteiger partial charge >= 0.3 is 0 Å². The Bertz CT molecular complexity index is 582. The molecule has 1 aliphatic heterocycles. The van der Waals surface area contributed by atoms with E-state index in [2.05, 4.69) is 75.1 Å². The lowest BCUT2D eigenvalue weighted by molar-refractivity contribution is 0.110. The molecule has 1 aliphatic rings. The molecule has 0 saturated carbocycles. The molecule has 3 atom stereocenters. The van der Waals surface area contributed by atoms with E-state index < -0.39 is 7.44 Å². The molecule has 3 N–H and O–H groups in total. The van der Waals surface area contributed by atoms with Crippen molar-refractivity contribution in [1.82, 2.24) is 20.4 Å². The van der Waals surface area contributed by atoms with E-state index >= 15 is 0 Å². The standard InChI is InChI=1S/C18H34N2O.C4H13N2O2P.CH4/c1-12(2)13(3)15(5)20-11-16(21-9)10-17(20)14(4)19-18(6,7)8;1-5-9(7,6-2)4-8-3;/h12-13,16-17,19H,4-5,10-11H2,1-3,6-9H3;4H2,1-3H3,(H2,5,6,7);1H4. The van der Waals surface area contributed by atoms with Gasteiger partial charge in [0.2, 0.25) is 7.44 Å². The van der Waals surface area contributed by atoms with Gasteiger partial charge < -0.3 is 19.7 Å². The SMILES string of the molecule is C.C=C(NC(C)(C)C)C1CC(OC)CN1C(=C)C(C)C(C)C.CNP(=O)(COC)NC. The first-order chi connectivity index (χ1) is 13.7. The fourth-order valence-electron chi connectivity index (χ4n) is 3.25. The van der Waals surface area contributed by atoms with Gasteiger partial charge in [-0.05, 0) is 46.7 Å². The Labute approximate surface area is 192 Å². The van der Waals surface area contributed by atoms with Crippen LogP contribution in [-0.4, -0.2) is 63.8 Å². The molecule has 7 nitrogen and oxygen atoms in total. The van der Waals surface area contributed by atoms with Crippen molar-refractivity contribution in [3.8, 4) is 0 Å². The van der Waals surface area contributed by atoms with E-state index in [-0.39, 0.29) is 31.5 Å². The molecular weight excluding hydrogens is 411 g/mol. The maximum absolute atomic E-state index is 11.2. The predicted octanol–water partition coefficient (Wildman–Crippen LogP) is 4.64. The van der Waals surface area contributed by atoms with Crippen molar-refractivity contribution in [3.63, 3.8) is 0 Å². The van der Waals surface area contributed by atoms with Crippen LogP contribution in [0.1, 0.15) is 55.4 Å². The molecule has 3 unspecified atom stereocenters. The second kappa shape index (κ2) is 14.3. The van der Waals surface area contributed by atoms with Crippen molar-refractivity contribution in [2.75, 3.05) is 41.2 Å². The molecule has 186 valence electrons. The molecule has 0 aromatic heterocycles. The number of nitrogens with zero attached hydrogens (tertiary/aromatic N) is 1. The Hall–Kier alpha value is -0.850. The van der Waals surface area contributed by atoms with Crippen LogP contribution in [0.2, 0.25) is 0 Å². The quantitative estimate of drug-likeness (QED) is 0.408. The van der Waals surface area contributed by atoms with Crippen LogP contribution in [0.5, 0.6) is 0 Å². The van der Waals surface area contributed by atoms with Crippen LogP contribution in [0, 0.1) is 11.8 Å². The molecule has 1 fully saturated rings. The Morgan fingerprint density at radius 3 is 2.00 bits per heavy atom. The third-order valence-electron chi connectivity index (χ3n) is 5.46. The summed E-state index contributed by atoms with van der Waals surface area (Å²) in [5, 5.41) is 8.82. The molecule has 0 spiro atoms. The van der Waals surface area contributed by atoms with Crippen LogP contribution in [0.25, 0.3) is 0 Å². The van der Waals surface area contributed by atoms with E-state index in [1.54, 1.807) is 21.2 Å². The summed E-state index contributed by atoms with van der Waals surface area (Å²) in [5.74, 6) is 1.05. The minimum absolute atomic E-state index is 0. The summed E-state index contributed by atoms with van der Waals surface area (Å²) in [6.45, 7) is 22.8. The molecule has 0 aromatic carbocycles. The van der Waals surface area contributed by atoms with E-state index in [1.165, 1.54) is 12.8 Å². The number of hydrogen-bond donors (Lipinski definition) is 3. The maximum atomic E-state index is 11.2. The van der Waals surface area contributed by atoms with E-state index in [9.17, 15) is 4.57 Å². The fraction of sp³-hybridized carbons (Fsp3) is 0.826. The van der Waals surface area contributed by atoms with E-state index in [0.29, 0.717) is 11.8 Å². The van der Waals surface area contributed by atoms with E-state index in [4.69, 9.17) is 9.47 Å². The summed E-state index contributed by atoms with van der Waals surface area (Å²) < 4.78 is 21.5. The molecule has 0 aliphatic carbocycles. The van der Waals surface area contributed by atoms with Gasteiger partial charge in [0.1, 0.15) is 6.35 Å². The van der Waals surface area contributed by atoms with Crippen molar-refractivity contribution in [2.24, 2.45) is 11.8 Å². The van der Waals surface area contributed by atoms with E-state index in [0.717, 1.165) is 18.7 Å². The lowest BCUT2D eigenvalue weighted by Gasteiger charge is -2.36. The number of nitrogens with one attached hydrogen (secondary N) is 3. The number of likely N-dealkylation sites (tertiary alicyclic amines) is 1. The molecule has 0 radical (unpaired) electrons. The second-order valence-electron chi connectivity index (χ2n) is 9.29. The molecule has 1 rings (SSSR count). The Kier molecular flexibility index (Phi) is 14.9. The van der Waals surface area contributed by atoms with Gasteiger partial charge in [-0.15, -0.1) is 0 Å². The van der Waals surface area contributed by atoms with Crippen molar-refractivity contribution in [2.45, 2.75) is 73.1 Å². The van der Waals surface area contributed by atoms with Crippen molar-refractivity contribution in [1.29, 1.82) is 0 Å². The van der Waals surface area contributed by atoms with Crippen molar-refractivity contribution < 1.29 is 14.0 Å². The third-order valence-corrected chi connectivity index (χ3v) is 7.53. The Balaban J connectivity index is 0. The average Bonchev–Trinajstić information content (AvgIpc) is 3.10. The Morgan fingerprint density at radius 1 is 1.16 bits per heavy atom. The van der Waals surface area contributed by atoms with Crippen LogP contribution < -0.4 is 15.5 Å². The largest absolute Gasteiger partial charge is 0.383 e. The number of ether oxygens (including phenoxy) is 2. The molecule has 8 heteroatoms. The van der Waals surface area contributed by atoms with Gasteiger partial charge in [0.25, 0.3) is 0 Å². The molecule has 1 heterocycles. The zero-order valence-electron chi connectivity index (χ0n) is 21.0. The van der Waals surface area contributed by atoms with Crippen LogP contribution in [0.15, 0.2) is 24.6 Å². The highest BCUT2D eigenvalue weighted by atomic mass is 31.2. The van der Waals surface area contributed by atoms with Gasteiger partial charge in [0.05, 0.1) is 12.1 Å². The van der Waals surface area contributed by atoms with Gasteiger partial charge in [0.15, 0.2) is 0 Å². The number of rotatable bonds is 10. The molecule has 0 aromatic rings.